The number of aliphatic hydroxyl groups excluding tert-OH is 1. The Balaban J connectivity index is 2.58. The Labute approximate surface area is 217 Å². The van der Waals surface area contributed by atoms with Crippen molar-refractivity contribution in [3.63, 3.8) is 0 Å². The van der Waals surface area contributed by atoms with Gasteiger partial charge in [0.05, 0.1) is 43.0 Å². The molecule has 0 unspecified atom stereocenters. The average molecular weight is 536 g/mol. The molecule has 1 aromatic heterocycles. The van der Waals surface area contributed by atoms with E-state index in [4.69, 9.17) is 9.47 Å². The highest BCUT2D eigenvalue weighted by molar-refractivity contribution is 7.92. The second-order valence-electron chi connectivity index (χ2n) is 8.49. The first-order valence-electron chi connectivity index (χ1n) is 11.8. The van der Waals surface area contributed by atoms with E-state index in [1.807, 2.05) is 13.8 Å². The van der Waals surface area contributed by atoms with Gasteiger partial charge in [-0.2, -0.15) is 0 Å². The van der Waals surface area contributed by atoms with Gasteiger partial charge in [0.1, 0.15) is 11.6 Å². The highest BCUT2D eigenvalue weighted by atomic mass is 32.2. The molecule has 2 rings (SSSR count). The van der Waals surface area contributed by atoms with Crippen LogP contribution in [0.3, 0.4) is 0 Å². The van der Waals surface area contributed by atoms with E-state index in [9.17, 15) is 22.7 Å². The number of aromatic nitrogens is 2. The van der Waals surface area contributed by atoms with E-state index in [0.717, 1.165) is 10.6 Å². The van der Waals surface area contributed by atoms with Gasteiger partial charge in [-0.05, 0) is 44.0 Å². The standard InChI is InChI=1S/C26H34FN3O6S/c1-7-35-21(16-23(32)36-8-2)15-20(31)13-14-22-24(17(3)4)28-26(30(5)37(6,33)34)29-25(22)18-9-11-19(27)12-10-18/h9-14,16-17,20,31H,7-8,15H2,1-6H3/b14-13+,21-16-/t20-/m1/s1. The van der Waals surface area contributed by atoms with Gasteiger partial charge in [-0.3, -0.25) is 0 Å². The third kappa shape index (κ3) is 8.64. The maximum Gasteiger partial charge on any atom is 0.334 e. The molecule has 0 aliphatic rings. The van der Waals surface area contributed by atoms with Gasteiger partial charge in [0.2, 0.25) is 16.0 Å². The fourth-order valence-corrected chi connectivity index (χ4v) is 3.72. The Morgan fingerprint density at radius 2 is 1.76 bits per heavy atom. The molecule has 1 atom stereocenters. The van der Waals surface area contributed by atoms with E-state index in [1.165, 1.54) is 43.5 Å². The van der Waals surface area contributed by atoms with E-state index in [-0.39, 0.29) is 30.7 Å². The second-order valence-corrected chi connectivity index (χ2v) is 10.5. The summed E-state index contributed by atoms with van der Waals surface area (Å²) in [6, 6.07) is 5.64. The van der Waals surface area contributed by atoms with Crippen molar-refractivity contribution in [3.8, 4) is 11.3 Å². The highest BCUT2D eigenvalue weighted by Gasteiger charge is 2.22. The number of sulfonamides is 1. The molecule has 9 nitrogen and oxygen atoms in total. The van der Waals surface area contributed by atoms with E-state index in [0.29, 0.717) is 29.1 Å². The van der Waals surface area contributed by atoms with Gasteiger partial charge in [0, 0.05) is 24.6 Å². The molecule has 37 heavy (non-hydrogen) atoms. The smallest absolute Gasteiger partial charge is 0.334 e. The van der Waals surface area contributed by atoms with E-state index in [1.54, 1.807) is 19.9 Å². The van der Waals surface area contributed by atoms with Gasteiger partial charge in [-0.1, -0.05) is 26.0 Å². The third-order valence-electron chi connectivity index (χ3n) is 5.20. The quantitative estimate of drug-likeness (QED) is 0.246. The zero-order valence-corrected chi connectivity index (χ0v) is 22.8. The van der Waals surface area contributed by atoms with E-state index >= 15 is 0 Å². The number of aliphatic hydroxyl groups is 1. The third-order valence-corrected chi connectivity index (χ3v) is 6.36. The second kappa shape index (κ2) is 13.3. The Kier molecular flexibility index (Phi) is 10.8. The largest absolute Gasteiger partial charge is 0.498 e. The summed E-state index contributed by atoms with van der Waals surface area (Å²) in [4.78, 5) is 20.8. The number of carbonyl (C=O) groups excluding carboxylic acids is 1. The van der Waals surface area contributed by atoms with E-state index in [2.05, 4.69) is 9.97 Å². The zero-order chi connectivity index (χ0) is 27.8. The summed E-state index contributed by atoms with van der Waals surface area (Å²) in [6.45, 7) is 7.75. The Bertz CT molecular complexity index is 1240. The number of halogens is 1. The van der Waals surface area contributed by atoms with Crippen LogP contribution in [0.2, 0.25) is 0 Å². The van der Waals surface area contributed by atoms with Crippen LogP contribution in [0, 0.1) is 5.82 Å². The minimum Gasteiger partial charge on any atom is -0.498 e. The van der Waals surface area contributed by atoms with Crippen LogP contribution in [-0.2, 0) is 24.3 Å². The summed E-state index contributed by atoms with van der Waals surface area (Å²) in [6.07, 6.45) is 4.37. The molecule has 0 saturated heterocycles. The van der Waals surface area contributed by atoms with Gasteiger partial charge < -0.3 is 14.6 Å². The monoisotopic (exact) mass is 535 g/mol. The molecule has 0 aliphatic carbocycles. The van der Waals surface area contributed by atoms with Crippen molar-refractivity contribution in [2.75, 3.05) is 30.8 Å². The molecule has 0 amide bonds. The summed E-state index contributed by atoms with van der Waals surface area (Å²) >= 11 is 0. The van der Waals surface area contributed by atoms with Crippen LogP contribution >= 0.6 is 0 Å². The Morgan fingerprint density at radius 1 is 1.14 bits per heavy atom. The summed E-state index contributed by atoms with van der Waals surface area (Å²) < 4.78 is 49.3. The lowest BCUT2D eigenvalue weighted by Gasteiger charge is -2.20. The fraction of sp³-hybridized carbons (Fsp3) is 0.423. The minimum absolute atomic E-state index is 0.0157. The predicted octanol–water partition coefficient (Wildman–Crippen LogP) is 4.05. The van der Waals surface area contributed by atoms with Crippen LogP contribution in [0.5, 0.6) is 0 Å². The number of nitrogens with zero attached hydrogens (tertiary/aromatic N) is 3. The molecular weight excluding hydrogens is 501 g/mol. The number of benzene rings is 1. The van der Waals surface area contributed by atoms with Crippen LogP contribution in [0.15, 0.2) is 42.2 Å². The number of hydrogen-bond acceptors (Lipinski definition) is 8. The molecule has 0 spiro atoms. The van der Waals surface area contributed by atoms with Crippen LogP contribution in [0.1, 0.15) is 51.3 Å². The Hall–Kier alpha value is -3.31. The maximum absolute atomic E-state index is 13.6. The van der Waals surface area contributed by atoms with Crippen molar-refractivity contribution in [2.24, 2.45) is 0 Å². The van der Waals surface area contributed by atoms with Gasteiger partial charge in [0.15, 0.2) is 0 Å². The van der Waals surface area contributed by atoms with Crippen LogP contribution in [-0.4, -0.2) is 62.1 Å². The lowest BCUT2D eigenvalue weighted by atomic mass is 9.97. The van der Waals surface area contributed by atoms with Crippen molar-refractivity contribution < 1.29 is 32.2 Å². The zero-order valence-electron chi connectivity index (χ0n) is 21.9. The molecule has 0 bridgehead atoms. The van der Waals surface area contributed by atoms with Gasteiger partial charge in [0.25, 0.3) is 0 Å². The number of esters is 1. The molecule has 0 fully saturated rings. The van der Waals surface area contributed by atoms with Gasteiger partial charge in [-0.25, -0.2) is 31.9 Å². The predicted molar refractivity (Wildman–Crippen MR) is 141 cm³/mol. The topological polar surface area (TPSA) is 119 Å². The molecule has 0 aliphatic heterocycles. The first kappa shape index (κ1) is 29.9. The molecule has 1 aromatic carbocycles. The van der Waals surface area contributed by atoms with Crippen LogP contribution in [0.4, 0.5) is 10.3 Å². The number of anilines is 1. The highest BCUT2D eigenvalue weighted by Crippen LogP contribution is 2.31. The molecule has 1 heterocycles. The maximum atomic E-state index is 13.6. The summed E-state index contributed by atoms with van der Waals surface area (Å²) in [7, 11) is -2.29. The van der Waals surface area contributed by atoms with Crippen LogP contribution < -0.4 is 4.31 Å². The normalized spacial score (nSPS) is 13.2. The molecule has 1 N–H and O–H groups in total. The van der Waals surface area contributed by atoms with Crippen molar-refractivity contribution in [1.82, 2.24) is 9.97 Å². The lowest BCUT2D eigenvalue weighted by Crippen LogP contribution is -2.27. The van der Waals surface area contributed by atoms with Gasteiger partial charge in [-0.15, -0.1) is 0 Å². The van der Waals surface area contributed by atoms with Gasteiger partial charge >= 0.3 is 5.97 Å². The first-order valence-corrected chi connectivity index (χ1v) is 13.7. The molecule has 2 aromatic rings. The average Bonchev–Trinajstić information content (AvgIpc) is 2.82. The van der Waals surface area contributed by atoms with Crippen molar-refractivity contribution in [2.45, 2.75) is 46.1 Å². The summed E-state index contributed by atoms with van der Waals surface area (Å²) in [5.74, 6) is -0.906. The summed E-state index contributed by atoms with van der Waals surface area (Å²) in [5.41, 5.74) is 1.99. The SMILES string of the molecule is CCOC(=O)/C=C(/C[C@H](O)/C=C/c1c(-c2ccc(F)cc2)nc(N(C)S(C)(=O)=O)nc1C(C)C)OCC. The summed E-state index contributed by atoms with van der Waals surface area (Å²) in [5, 5.41) is 10.7. The van der Waals surface area contributed by atoms with Crippen molar-refractivity contribution in [3.05, 3.63) is 59.3 Å². The number of hydrogen-bond donors (Lipinski definition) is 1. The molecule has 0 radical (unpaired) electrons. The molecule has 0 saturated carbocycles. The number of carbonyl (C=O) groups is 1. The first-order chi connectivity index (χ1) is 17.4. The minimum atomic E-state index is -3.64. The number of rotatable bonds is 12. The van der Waals surface area contributed by atoms with Crippen molar-refractivity contribution in [1.29, 1.82) is 0 Å². The van der Waals surface area contributed by atoms with E-state index < -0.39 is 27.9 Å². The molecular formula is C26H34FN3O6S. The van der Waals surface area contributed by atoms with Crippen LogP contribution in [0.25, 0.3) is 17.3 Å². The number of ether oxygens (including phenoxy) is 2. The Morgan fingerprint density at radius 3 is 2.30 bits per heavy atom. The molecule has 11 heteroatoms. The van der Waals surface area contributed by atoms with Crippen molar-refractivity contribution >= 4 is 28.0 Å². The molecule has 202 valence electrons. The lowest BCUT2D eigenvalue weighted by molar-refractivity contribution is -0.137. The fourth-order valence-electron chi connectivity index (χ4n) is 3.34.